The van der Waals surface area contributed by atoms with E-state index in [1.165, 1.54) is 18.5 Å². The van der Waals surface area contributed by atoms with Crippen molar-refractivity contribution >= 4 is 27.4 Å². The highest BCUT2D eigenvalue weighted by molar-refractivity contribution is 7.91. The number of carboxylic acid groups (broad SMARTS) is 1. The van der Waals surface area contributed by atoms with Crippen LogP contribution in [0.15, 0.2) is 41.8 Å². The van der Waals surface area contributed by atoms with E-state index in [0.29, 0.717) is 0 Å². The van der Waals surface area contributed by atoms with Crippen molar-refractivity contribution in [3.63, 3.8) is 0 Å². The maximum Gasteiger partial charge on any atom is 0.337 e. The zero-order chi connectivity index (χ0) is 14.8. The number of aromatic carboxylic acids is 1. The Kier molecular flexibility index (Phi) is 4.10. The fourth-order valence-electron chi connectivity index (χ4n) is 1.63. The Hall–Kier alpha value is -1.86. The van der Waals surface area contributed by atoms with Gasteiger partial charge in [-0.25, -0.2) is 18.2 Å². The Balaban J connectivity index is 2.21. The van der Waals surface area contributed by atoms with Gasteiger partial charge in [-0.2, -0.15) is 0 Å². The van der Waals surface area contributed by atoms with E-state index in [1.807, 2.05) is 0 Å². The van der Waals surface area contributed by atoms with Crippen LogP contribution in [0, 0.1) is 0 Å². The van der Waals surface area contributed by atoms with Crippen LogP contribution in [0.3, 0.4) is 0 Å². The van der Waals surface area contributed by atoms with Gasteiger partial charge in [0.05, 0.1) is 27.6 Å². The fraction of sp³-hybridized carbons (Fsp3) is 0.167. The number of carbonyl (C=O) groups is 1. The van der Waals surface area contributed by atoms with Crippen molar-refractivity contribution in [2.24, 2.45) is 0 Å². The summed E-state index contributed by atoms with van der Waals surface area (Å²) in [5, 5.41) is 8.75. The average molecular weight is 315 g/mol. The maximum atomic E-state index is 12.1. The first-order valence-corrected chi connectivity index (χ1v) is 7.64. The third kappa shape index (κ3) is 3.17. The van der Waals surface area contributed by atoms with Gasteiger partial charge in [-0.05, 0) is 18.2 Å². The Bertz CT molecular complexity index is 726. The fourth-order valence-corrected chi connectivity index (χ4v) is 3.21. The van der Waals surface area contributed by atoms with Crippen LogP contribution in [-0.4, -0.2) is 34.8 Å². The molecule has 0 saturated carbocycles. The highest BCUT2D eigenvalue weighted by Crippen LogP contribution is 2.21. The van der Waals surface area contributed by atoms with E-state index >= 15 is 0 Å². The largest absolute Gasteiger partial charge is 0.478 e. The molecule has 0 radical (unpaired) electrons. The lowest BCUT2D eigenvalue weighted by Crippen LogP contribution is -2.13. The predicted molar refractivity (Wildman–Crippen MR) is 72.7 cm³/mol. The summed E-state index contributed by atoms with van der Waals surface area (Å²) in [6, 6.07) is 3.60. The van der Waals surface area contributed by atoms with Crippen molar-refractivity contribution < 1.29 is 18.3 Å². The maximum absolute atomic E-state index is 12.1. The van der Waals surface area contributed by atoms with E-state index < -0.39 is 15.8 Å². The normalized spacial score (nSPS) is 11.4. The summed E-state index contributed by atoms with van der Waals surface area (Å²) in [5.41, 5.74) is -0.125. The molecule has 8 heteroatoms. The van der Waals surface area contributed by atoms with Crippen LogP contribution >= 0.6 is 11.6 Å². The Morgan fingerprint density at radius 2 is 2.15 bits per heavy atom. The number of carboxylic acids is 1. The second-order valence-corrected chi connectivity index (χ2v) is 6.58. The molecule has 0 saturated heterocycles. The molecular formula is C12H11ClN2O4S. The van der Waals surface area contributed by atoms with E-state index in [1.54, 1.807) is 17.0 Å². The van der Waals surface area contributed by atoms with Gasteiger partial charge in [0.1, 0.15) is 0 Å². The summed E-state index contributed by atoms with van der Waals surface area (Å²) in [5.74, 6) is -1.32. The first-order chi connectivity index (χ1) is 9.40. The van der Waals surface area contributed by atoms with Crippen molar-refractivity contribution in [1.82, 2.24) is 9.55 Å². The van der Waals surface area contributed by atoms with Crippen molar-refractivity contribution in [3.8, 4) is 0 Å². The van der Waals surface area contributed by atoms with Gasteiger partial charge < -0.3 is 9.67 Å². The number of benzene rings is 1. The van der Waals surface area contributed by atoms with Gasteiger partial charge in [-0.1, -0.05) is 11.6 Å². The smallest absolute Gasteiger partial charge is 0.337 e. The van der Waals surface area contributed by atoms with Crippen LogP contribution < -0.4 is 0 Å². The Labute approximate surface area is 120 Å². The molecule has 1 aromatic heterocycles. The lowest BCUT2D eigenvalue weighted by Gasteiger charge is -2.07. The zero-order valence-corrected chi connectivity index (χ0v) is 11.8. The third-order valence-corrected chi connectivity index (χ3v) is 4.71. The summed E-state index contributed by atoms with van der Waals surface area (Å²) < 4.78 is 25.9. The molecule has 0 unspecified atom stereocenters. The van der Waals surface area contributed by atoms with Gasteiger partial charge in [-0.15, -0.1) is 0 Å². The van der Waals surface area contributed by atoms with Crippen molar-refractivity contribution in [2.75, 3.05) is 5.75 Å². The minimum absolute atomic E-state index is 0.00705. The van der Waals surface area contributed by atoms with Crippen LogP contribution in [0.4, 0.5) is 0 Å². The molecule has 2 rings (SSSR count). The lowest BCUT2D eigenvalue weighted by molar-refractivity contribution is 0.0697. The molecular weight excluding hydrogens is 304 g/mol. The van der Waals surface area contributed by atoms with Gasteiger partial charge in [0.15, 0.2) is 9.84 Å². The molecule has 0 aliphatic rings. The highest BCUT2D eigenvalue weighted by Gasteiger charge is 2.17. The molecule has 6 nitrogen and oxygen atoms in total. The number of halogens is 1. The summed E-state index contributed by atoms with van der Waals surface area (Å²) in [7, 11) is -3.53. The van der Waals surface area contributed by atoms with Gasteiger partial charge in [-0.3, -0.25) is 0 Å². The standard InChI is InChI=1S/C12H11ClN2O4S/c13-11-7-9(1-2-10(11)12(16)17)20(18,19)6-5-15-4-3-14-8-15/h1-4,7-8H,5-6H2,(H,16,17). The molecule has 106 valence electrons. The predicted octanol–water partition coefficient (Wildman–Crippen LogP) is 1.71. The first-order valence-electron chi connectivity index (χ1n) is 5.61. The second kappa shape index (κ2) is 5.64. The molecule has 0 spiro atoms. The van der Waals surface area contributed by atoms with Crippen molar-refractivity contribution in [2.45, 2.75) is 11.4 Å². The monoisotopic (exact) mass is 314 g/mol. The molecule has 1 aromatic carbocycles. The van der Waals surface area contributed by atoms with Gasteiger partial charge in [0, 0.05) is 18.9 Å². The minimum Gasteiger partial charge on any atom is -0.478 e. The van der Waals surface area contributed by atoms with Gasteiger partial charge in [0.2, 0.25) is 0 Å². The molecule has 1 N–H and O–H groups in total. The molecule has 1 heterocycles. The molecule has 0 bridgehead atoms. The molecule has 0 fully saturated rings. The molecule has 0 amide bonds. The van der Waals surface area contributed by atoms with Crippen LogP contribution in [0.5, 0.6) is 0 Å². The summed E-state index contributed by atoms with van der Waals surface area (Å²) in [4.78, 5) is 14.6. The van der Waals surface area contributed by atoms with Crippen molar-refractivity contribution in [1.29, 1.82) is 0 Å². The van der Waals surface area contributed by atoms with Gasteiger partial charge >= 0.3 is 5.97 Å². The molecule has 0 aliphatic heterocycles. The topological polar surface area (TPSA) is 89.3 Å². The van der Waals surface area contributed by atoms with Crippen molar-refractivity contribution in [3.05, 3.63) is 47.5 Å². The SMILES string of the molecule is O=C(O)c1ccc(S(=O)(=O)CCn2ccnc2)cc1Cl. The number of hydrogen-bond donors (Lipinski definition) is 1. The lowest BCUT2D eigenvalue weighted by atomic mass is 10.2. The highest BCUT2D eigenvalue weighted by atomic mass is 35.5. The number of imidazole rings is 1. The Morgan fingerprint density at radius 1 is 1.40 bits per heavy atom. The second-order valence-electron chi connectivity index (χ2n) is 4.07. The summed E-state index contributed by atoms with van der Waals surface area (Å²) in [6.07, 6.45) is 4.75. The van der Waals surface area contributed by atoms with E-state index in [4.69, 9.17) is 16.7 Å². The number of aromatic nitrogens is 2. The van der Waals surface area contributed by atoms with E-state index in [2.05, 4.69) is 4.98 Å². The van der Waals surface area contributed by atoms with Crippen LogP contribution in [-0.2, 0) is 16.4 Å². The van der Waals surface area contributed by atoms with E-state index in [9.17, 15) is 13.2 Å². The Morgan fingerprint density at radius 3 is 2.70 bits per heavy atom. The van der Waals surface area contributed by atoms with Gasteiger partial charge in [0.25, 0.3) is 0 Å². The number of rotatable bonds is 5. The minimum atomic E-state index is -3.53. The van der Waals surface area contributed by atoms with Crippen LogP contribution in [0.1, 0.15) is 10.4 Å². The molecule has 2 aromatic rings. The first kappa shape index (κ1) is 14.5. The zero-order valence-electron chi connectivity index (χ0n) is 10.2. The quantitative estimate of drug-likeness (QED) is 0.907. The summed E-state index contributed by atoms with van der Waals surface area (Å²) >= 11 is 5.77. The number of nitrogens with zero attached hydrogens (tertiary/aromatic N) is 2. The van der Waals surface area contributed by atoms with Crippen LogP contribution in [0.2, 0.25) is 5.02 Å². The average Bonchev–Trinajstić information content (AvgIpc) is 2.89. The molecule has 20 heavy (non-hydrogen) atoms. The number of hydrogen-bond acceptors (Lipinski definition) is 4. The molecule has 0 aliphatic carbocycles. The third-order valence-electron chi connectivity index (χ3n) is 2.71. The van der Waals surface area contributed by atoms with E-state index in [0.717, 1.165) is 6.07 Å². The van der Waals surface area contributed by atoms with E-state index in [-0.39, 0.29) is 27.8 Å². The summed E-state index contributed by atoms with van der Waals surface area (Å²) in [6.45, 7) is 0.265. The number of aryl methyl sites for hydroxylation is 1. The van der Waals surface area contributed by atoms with Crippen LogP contribution in [0.25, 0.3) is 0 Å². The number of sulfone groups is 1. The molecule has 0 atom stereocenters.